The van der Waals surface area contributed by atoms with Crippen LogP contribution in [0.15, 0.2) is 18.2 Å². The molecule has 0 saturated carbocycles. The van der Waals surface area contributed by atoms with Gasteiger partial charge in [0.2, 0.25) is 0 Å². The van der Waals surface area contributed by atoms with Crippen LogP contribution >= 0.6 is 0 Å². The zero-order chi connectivity index (χ0) is 15.8. The molecule has 0 aliphatic carbocycles. The number of amides is 1. The van der Waals surface area contributed by atoms with Crippen molar-refractivity contribution in [2.75, 3.05) is 38.5 Å². The highest BCUT2D eigenvalue weighted by Crippen LogP contribution is 2.16. The maximum atomic E-state index is 13.3. The maximum Gasteiger partial charge on any atom is 0.256 e. The largest absolute Gasteiger partial charge is 0.398 e. The van der Waals surface area contributed by atoms with Crippen molar-refractivity contribution in [2.45, 2.75) is 27.2 Å². The van der Waals surface area contributed by atoms with Crippen molar-refractivity contribution in [3.63, 3.8) is 0 Å². The fourth-order valence-corrected chi connectivity index (χ4v) is 2.31. The molecule has 5 heteroatoms. The summed E-state index contributed by atoms with van der Waals surface area (Å²) in [5, 5.41) is 0. The molecule has 0 aliphatic rings. The van der Waals surface area contributed by atoms with Gasteiger partial charge in [0.25, 0.3) is 5.91 Å². The zero-order valence-corrected chi connectivity index (χ0v) is 13.2. The first-order valence-corrected chi connectivity index (χ1v) is 7.60. The lowest BCUT2D eigenvalue weighted by atomic mass is 10.1. The Balaban J connectivity index is 2.67. The lowest BCUT2D eigenvalue weighted by Gasteiger charge is -2.24. The van der Waals surface area contributed by atoms with E-state index in [0.717, 1.165) is 26.1 Å². The standard InChI is InChI=1S/C16H26FN3O/c1-4-19(5-2)10-7-11-20(6-3)16(21)14-12-13(17)8-9-15(14)18/h8-9,12H,4-7,10-11,18H2,1-3H3. The van der Waals surface area contributed by atoms with Gasteiger partial charge in [-0.3, -0.25) is 4.79 Å². The van der Waals surface area contributed by atoms with E-state index in [1.165, 1.54) is 18.2 Å². The van der Waals surface area contributed by atoms with Crippen LogP contribution in [0.5, 0.6) is 0 Å². The summed E-state index contributed by atoms with van der Waals surface area (Å²) in [5.74, 6) is -0.638. The van der Waals surface area contributed by atoms with E-state index in [4.69, 9.17) is 5.73 Å². The van der Waals surface area contributed by atoms with E-state index in [1.54, 1.807) is 4.90 Å². The van der Waals surface area contributed by atoms with Crippen LogP contribution in [0.25, 0.3) is 0 Å². The second-order valence-corrected chi connectivity index (χ2v) is 5.00. The maximum absolute atomic E-state index is 13.3. The fraction of sp³-hybridized carbons (Fsp3) is 0.562. The Morgan fingerprint density at radius 3 is 2.38 bits per heavy atom. The van der Waals surface area contributed by atoms with Crippen molar-refractivity contribution in [1.82, 2.24) is 9.80 Å². The van der Waals surface area contributed by atoms with Gasteiger partial charge in [0.1, 0.15) is 5.82 Å². The van der Waals surface area contributed by atoms with E-state index in [2.05, 4.69) is 18.7 Å². The predicted octanol–water partition coefficient (Wildman–Crippen LogP) is 2.60. The Morgan fingerprint density at radius 2 is 1.81 bits per heavy atom. The molecule has 1 amide bonds. The molecule has 21 heavy (non-hydrogen) atoms. The van der Waals surface area contributed by atoms with Gasteiger partial charge in [-0.25, -0.2) is 4.39 Å². The third kappa shape index (κ3) is 5.01. The molecule has 0 radical (unpaired) electrons. The van der Waals surface area contributed by atoms with Gasteiger partial charge < -0.3 is 15.5 Å². The predicted molar refractivity (Wildman–Crippen MR) is 84.8 cm³/mol. The lowest BCUT2D eigenvalue weighted by Crippen LogP contribution is -2.34. The van der Waals surface area contributed by atoms with Gasteiger partial charge in [-0.15, -0.1) is 0 Å². The number of nitrogens with two attached hydrogens (primary N) is 1. The van der Waals surface area contributed by atoms with Crippen LogP contribution in [0.4, 0.5) is 10.1 Å². The highest BCUT2D eigenvalue weighted by atomic mass is 19.1. The smallest absolute Gasteiger partial charge is 0.256 e. The highest BCUT2D eigenvalue weighted by molar-refractivity contribution is 5.99. The summed E-state index contributed by atoms with van der Waals surface area (Å²) in [7, 11) is 0. The van der Waals surface area contributed by atoms with Crippen LogP contribution in [0, 0.1) is 5.82 Å². The van der Waals surface area contributed by atoms with Crippen molar-refractivity contribution >= 4 is 11.6 Å². The van der Waals surface area contributed by atoms with Gasteiger partial charge in [-0.1, -0.05) is 13.8 Å². The summed E-state index contributed by atoms with van der Waals surface area (Å²) in [6.07, 6.45) is 0.899. The third-order valence-electron chi connectivity index (χ3n) is 3.71. The van der Waals surface area contributed by atoms with Crippen molar-refractivity contribution in [1.29, 1.82) is 0 Å². The monoisotopic (exact) mass is 295 g/mol. The molecule has 0 fully saturated rings. The Hall–Kier alpha value is -1.62. The van der Waals surface area contributed by atoms with E-state index in [9.17, 15) is 9.18 Å². The van der Waals surface area contributed by atoms with Crippen molar-refractivity contribution < 1.29 is 9.18 Å². The summed E-state index contributed by atoms with van der Waals surface area (Å²) >= 11 is 0. The molecule has 4 nitrogen and oxygen atoms in total. The van der Waals surface area contributed by atoms with E-state index in [-0.39, 0.29) is 11.5 Å². The molecule has 1 aromatic carbocycles. The number of hydrogen-bond acceptors (Lipinski definition) is 3. The minimum atomic E-state index is -0.438. The van der Waals surface area contributed by atoms with Crippen molar-refractivity contribution in [3.8, 4) is 0 Å². The molecule has 0 unspecified atom stereocenters. The minimum absolute atomic E-state index is 0.200. The average Bonchev–Trinajstić information content (AvgIpc) is 2.49. The molecule has 0 atom stereocenters. The summed E-state index contributed by atoms with van der Waals surface area (Å²) in [6.45, 7) is 10.4. The van der Waals surface area contributed by atoms with E-state index < -0.39 is 5.82 Å². The van der Waals surface area contributed by atoms with Crippen LogP contribution < -0.4 is 5.73 Å². The minimum Gasteiger partial charge on any atom is -0.398 e. The summed E-state index contributed by atoms with van der Waals surface area (Å²) in [4.78, 5) is 16.5. The summed E-state index contributed by atoms with van der Waals surface area (Å²) in [6, 6.07) is 3.92. The second kappa shape index (κ2) is 8.62. The van der Waals surface area contributed by atoms with Gasteiger partial charge in [-0.05, 0) is 51.2 Å². The number of benzene rings is 1. The first-order chi connectivity index (χ1) is 10.0. The van der Waals surface area contributed by atoms with Gasteiger partial charge in [-0.2, -0.15) is 0 Å². The van der Waals surface area contributed by atoms with E-state index >= 15 is 0 Å². The van der Waals surface area contributed by atoms with Crippen LogP contribution in [-0.2, 0) is 0 Å². The highest BCUT2D eigenvalue weighted by Gasteiger charge is 2.17. The molecule has 1 rings (SSSR count). The average molecular weight is 295 g/mol. The van der Waals surface area contributed by atoms with Crippen molar-refractivity contribution in [2.24, 2.45) is 0 Å². The van der Waals surface area contributed by atoms with E-state index in [1.807, 2.05) is 6.92 Å². The first kappa shape index (κ1) is 17.4. The molecular weight excluding hydrogens is 269 g/mol. The molecule has 0 saturated heterocycles. The molecule has 0 heterocycles. The number of hydrogen-bond donors (Lipinski definition) is 1. The zero-order valence-electron chi connectivity index (χ0n) is 13.2. The molecule has 2 N–H and O–H groups in total. The first-order valence-electron chi connectivity index (χ1n) is 7.60. The van der Waals surface area contributed by atoms with E-state index in [0.29, 0.717) is 18.8 Å². The third-order valence-corrected chi connectivity index (χ3v) is 3.71. The molecular formula is C16H26FN3O. The molecule has 1 aromatic rings. The molecule has 0 aliphatic heterocycles. The topological polar surface area (TPSA) is 49.6 Å². The normalized spacial score (nSPS) is 10.9. The number of anilines is 1. The van der Waals surface area contributed by atoms with Crippen LogP contribution in [-0.4, -0.2) is 48.4 Å². The van der Waals surface area contributed by atoms with Gasteiger partial charge in [0.05, 0.1) is 5.56 Å². The number of halogens is 1. The number of nitrogen functional groups attached to an aromatic ring is 1. The van der Waals surface area contributed by atoms with Gasteiger partial charge >= 0.3 is 0 Å². The molecule has 118 valence electrons. The SMILES string of the molecule is CCN(CC)CCCN(CC)C(=O)c1cc(F)ccc1N. The van der Waals surface area contributed by atoms with Crippen LogP contribution in [0.2, 0.25) is 0 Å². The Morgan fingerprint density at radius 1 is 1.14 bits per heavy atom. The summed E-state index contributed by atoms with van der Waals surface area (Å²) in [5.41, 5.74) is 6.35. The Labute approximate surface area is 126 Å². The number of nitrogens with zero attached hydrogens (tertiary/aromatic N) is 2. The Bertz CT molecular complexity index is 461. The van der Waals surface area contributed by atoms with Crippen molar-refractivity contribution in [3.05, 3.63) is 29.6 Å². The number of carbonyl (C=O) groups excluding carboxylic acids is 1. The van der Waals surface area contributed by atoms with Gasteiger partial charge in [0, 0.05) is 18.8 Å². The van der Waals surface area contributed by atoms with Crippen LogP contribution in [0.1, 0.15) is 37.6 Å². The fourth-order valence-electron chi connectivity index (χ4n) is 2.31. The number of carbonyl (C=O) groups is 1. The second-order valence-electron chi connectivity index (χ2n) is 5.00. The van der Waals surface area contributed by atoms with Crippen LogP contribution in [0.3, 0.4) is 0 Å². The number of rotatable bonds is 8. The molecule has 0 spiro atoms. The van der Waals surface area contributed by atoms with Gasteiger partial charge in [0.15, 0.2) is 0 Å². The summed E-state index contributed by atoms with van der Waals surface area (Å²) < 4.78 is 13.3. The molecule has 0 bridgehead atoms. The molecule has 0 aromatic heterocycles. The Kier molecular flexibility index (Phi) is 7.15. The quantitative estimate of drug-likeness (QED) is 0.750. The lowest BCUT2D eigenvalue weighted by molar-refractivity contribution is 0.0758.